The molecule has 0 bridgehead atoms. The highest BCUT2D eigenvalue weighted by molar-refractivity contribution is 5.90. The van der Waals surface area contributed by atoms with Gasteiger partial charge in [0.25, 0.3) is 0 Å². The molecule has 28 heavy (non-hydrogen) atoms. The van der Waals surface area contributed by atoms with E-state index in [4.69, 9.17) is 0 Å². The molecule has 0 aliphatic heterocycles. The number of para-hydroxylation sites is 2. The zero-order valence-corrected chi connectivity index (χ0v) is 15.2. The Balaban J connectivity index is 1.42. The van der Waals surface area contributed by atoms with Gasteiger partial charge in [-0.15, -0.1) is 0 Å². The number of amides is 1. The highest BCUT2D eigenvalue weighted by atomic mass is 16.4. The fourth-order valence-electron chi connectivity index (χ4n) is 3.59. The van der Waals surface area contributed by atoms with Crippen LogP contribution in [-0.2, 0) is 22.4 Å². The molecule has 6 heteroatoms. The van der Waals surface area contributed by atoms with E-state index in [2.05, 4.69) is 15.3 Å². The summed E-state index contributed by atoms with van der Waals surface area (Å²) in [5.41, 5.74) is 3.88. The number of carboxylic acid groups (broad SMARTS) is 1. The zero-order chi connectivity index (χ0) is 19.5. The van der Waals surface area contributed by atoms with Gasteiger partial charge in [-0.1, -0.05) is 36.4 Å². The lowest BCUT2D eigenvalue weighted by Gasteiger charge is -2.14. The van der Waals surface area contributed by atoms with E-state index in [0.717, 1.165) is 32.9 Å². The molecule has 0 fully saturated rings. The van der Waals surface area contributed by atoms with Crippen molar-refractivity contribution >= 4 is 33.7 Å². The van der Waals surface area contributed by atoms with Gasteiger partial charge < -0.3 is 20.4 Å². The summed E-state index contributed by atoms with van der Waals surface area (Å²) in [7, 11) is 0. The molecule has 2 aromatic carbocycles. The van der Waals surface area contributed by atoms with Crippen LogP contribution in [0.2, 0.25) is 0 Å². The van der Waals surface area contributed by atoms with Crippen LogP contribution in [0.5, 0.6) is 0 Å². The second-order valence-electron chi connectivity index (χ2n) is 6.89. The SMILES string of the molecule is O=C(Cc1c[nH]c2ccccc12)NC(CCc1c[nH]c2ccccc12)C(=O)O. The average Bonchev–Trinajstić information content (AvgIpc) is 3.29. The van der Waals surface area contributed by atoms with Crippen LogP contribution in [0.15, 0.2) is 60.9 Å². The van der Waals surface area contributed by atoms with Crippen molar-refractivity contribution in [3.8, 4) is 0 Å². The van der Waals surface area contributed by atoms with Crippen molar-refractivity contribution in [2.45, 2.75) is 25.3 Å². The molecule has 0 aliphatic carbocycles. The molecule has 4 rings (SSSR count). The number of hydrogen-bond donors (Lipinski definition) is 4. The summed E-state index contributed by atoms with van der Waals surface area (Å²) in [6.45, 7) is 0. The van der Waals surface area contributed by atoms with E-state index in [-0.39, 0.29) is 12.3 Å². The predicted octanol–water partition coefficient (Wildman–Crippen LogP) is 3.39. The first-order chi connectivity index (χ1) is 13.6. The summed E-state index contributed by atoms with van der Waals surface area (Å²) in [5.74, 6) is -1.32. The van der Waals surface area contributed by atoms with Crippen molar-refractivity contribution in [2.75, 3.05) is 0 Å². The van der Waals surface area contributed by atoms with Crippen LogP contribution < -0.4 is 5.32 Å². The zero-order valence-electron chi connectivity index (χ0n) is 15.2. The number of hydrogen-bond acceptors (Lipinski definition) is 2. The largest absolute Gasteiger partial charge is 0.480 e. The van der Waals surface area contributed by atoms with Crippen molar-refractivity contribution in [2.24, 2.45) is 0 Å². The van der Waals surface area contributed by atoms with E-state index in [1.54, 1.807) is 6.20 Å². The summed E-state index contributed by atoms with van der Waals surface area (Å²) in [5, 5.41) is 14.3. The van der Waals surface area contributed by atoms with Crippen molar-refractivity contribution in [3.05, 3.63) is 72.1 Å². The number of carboxylic acids is 1. The van der Waals surface area contributed by atoms with Crippen molar-refractivity contribution < 1.29 is 14.7 Å². The molecule has 0 aliphatic rings. The molecule has 0 saturated heterocycles. The number of aromatic nitrogens is 2. The molecular formula is C22H21N3O3. The van der Waals surface area contributed by atoms with E-state index in [9.17, 15) is 14.7 Å². The average molecular weight is 375 g/mol. The Morgan fingerprint density at radius 2 is 1.46 bits per heavy atom. The minimum absolute atomic E-state index is 0.140. The molecule has 1 amide bonds. The van der Waals surface area contributed by atoms with Crippen LogP contribution in [0, 0.1) is 0 Å². The summed E-state index contributed by atoms with van der Waals surface area (Å²) in [6, 6.07) is 14.7. The van der Waals surface area contributed by atoms with E-state index in [1.807, 2.05) is 54.7 Å². The van der Waals surface area contributed by atoms with E-state index in [1.165, 1.54) is 0 Å². The molecular weight excluding hydrogens is 354 g/mol. The Morgan fingerprint density at radius 3 is 2.11 bits per heavy atom. The molecule has 142 valence electrons. The number of aryl methyl sites for hydroxylation is 1. The van der Waals surface area contributed by atoms with Crippen LogP contribution in [0.25, 0.3) is 21.8 Å². The second-order valence-corrected chi connectivity index (χ2v) is 6.89. The number of aliphatic carboxylic acids is 1. The molecule has 2 heterocycles. The molecule has 1 atom stereocenters. The third-order valence-corrected chi connectivity index (χ3v) is 5.04. The van der Waals surface area contributed by atoms with Crippen molar-refractivity contribution in [3.63, 3.8) is 0 Å². The Bertz CT molecular complexity index is 1140. The number of carbonyl (C=O) groups excluding carboxylic acids is 1. The van der Waals surface area contributed by atoms with Gasteiger partial charge in [0, 0.05) is 34.2 Å². The van der Waals surface area contributed by atoms with Crippen LogP contribution in [-0.4, -0.2) is 33.0 Å². The summed E-state index contributed by atoms with van der Waals surface area (Å²) < 4.78 is 0. The number of aromatic amines is 2. The number of nitrogens with one attached hydrogen (secondary N) is 3. The lowest BCUT2D eigenvalue weighted by molar-refractivity contribution is -0.141. The molecule has 4 aromatic rings. The quantitative estimate of drug-likeness (QED) is 0.398. The Hall–Kier alpha value is -3.54. The Kier molecular flexibility index (Phi) is 4.85. The third kappa shape index (κ3) is 3.62. The topological polar surface area (TPSA) is 98.0 Å². The smallest absolute Gasteiger partial charge is 0.326 e. The number of fused-ring (bicyclic) bond motifs is 2. The standard InChI is InChI=1S/C22H21N3O3/c26-21(11-15-13-24-19-8-4-2-6-17(15)19)25-20(22(27)28)10-9-14-12-23-18-7-3-1-5-16(14)18/h1-8,12-13,20,23-24H,9-11H2,(H,25,26)(H,27,28). The van der Waals surface area contributed by atoms with Gasteiger partial charge in [0.05, 0.1) is 6.42 Å². The molecule has 6 nitrogen and oxygen atoms in total. The Morgan fingerprint density at radius 1 is 0.893 bits per heavy atom. The monoisotopic (exact) mass is 375 g/mol. The first kappa shape index (κ1) is 17.9. The van der Waals surface area contributed by atoms with Gasteiger partial charge in [-0.25, -0.2) is 4.79 Å². The first-order valence-corrected chi connectivity index (χ1v) is 9.24. The van der Waals surface area contributed by atoms with E-state index in [0.29, 0.717) is 12.8 Å². The minimum atomic E-state index is -1.02. The van der Waals surface area contributed by atoms with Crippen LogP contribution >= 0.6 is 0 Å². The second kappa shape index (κ2) is 7.60. The van der Waals surface area contributed by atoms with Gasteiger partial charge in [-0.2, -0.15) is 0 Å². The maximum absolute atomic E-state index is 12.4. The molecule has 0 spiro atoms. The van der Waals surface area contributed by atoms with Gasteiger partial charge >= 0.3 is 5.97 Å². The summed E-state index contributed by atoms with van der Waals surface area (Å²) in [4.78, 5) is 30.4. The summed E-state index contributed by atoms with van der Waals surface area (Å²) in [6.07, 6.45) is 4.73. The van der Waals surface area contributed by atoms with Gasteiger partial charge in [-0.05, 0) is 36.1 Å². The van der Waals surface area contributed by atoms with Crippen LogP contribution in [0.1, 0.15) is 17.5 Å². The van der Waals surface area contributed by atoms with Gasteiger partial charge in [-0.3, -0.25) is 4.79 Å². The van der Waals surface area contributed by atoms with Gasteiger partial charge in [0.1, 0.15) is 6.04 Å². The fraction of sp³-hybridized carbons (Fsp3) is 0.182. The van der Waals surface area contributed by atoms with Gasteiger partial charge in [0.15, 0.2) is 0 Å². The summed E-state index contributed by atoms with van der Waals surface area (Å²) >= 11 is 0. The normalized spacial score (nSPS) is 12.3. The van der Waals surface area contributed by atoms with Gasteiger partial charge in [0.2, 0.25) is 5.91 Å². The lowest BCUT2D eigenvalue weighted by Crippen LogP contribution is -2.41. The minimum Gasteiger partial charge on any atom is -0.480 e. The molecule has 4 N–H and O–H groups in total. The molecule has 0 saturated carbocycles. The van der Waals surface area contributed by atoms with Crippen LogP contribution in [0.3, 0.4) is 0 Å². The predicted molar refractivity (Wildman–Crippen MR) is 108 cm³/mol. The maximum atomic E-state index is 12.4. The third-order valence-electron chi connectivity index (χ3n) is 5.04. The first-order valence-electron chi connectivity index (χ1n) is 9.24. The highest BCUT2D eigenvalue weighted by Crippen LogP contribution is 2.20. The lowest BCUT2D eigenvalue weighted by atomic mass is 10.0. The Labute approximate surface area is 161 Å². The van der Waals surface area contributed by atoms with Crippen LogP contribution in [0.4, 0.5) is 0 Å². The van der Waals surface area contributed by atoms with Crippen molar-refractivity contribution in [1.82, 2.24) is 15.3 Å². The van der Waals surface area contributed by atoms with E-state index < -0.39 is 12.0 Å². The number of rotatable bonds is 7. The molecule has 1 unspecified atom stereocenters. The fourth-order valence-corrected chi connectivity index (χ4v) is 3.59. The number of H-pyrrole nitrogens is 2. The molecule has 2 aromatic heterocycles. The van der Waals surface area contributed by atoms with Crippen molar-refractivity contribution in [1.29, 1.82) is 0 Å². The van der Waals surface area contributed by atoms with E-state index >= 15 is 0 Å². The number of carbonyl (C=O) groups is 2. The number of benzene rings is 2. The highest BCUT2D eigenvalue weighted by Gasteiger charge is 2.21. The molecule has 0 radical (unpaired) electrons. The maximum Gasteiger partial charge on any atom is 0.326 e.